The summed E-state index contributed by atoms with van der Waals surface area (Å²) in [4.78, 5) is 24.9. The number of aliphatic hydroxyl groups excluding tert-OH is 2. The zero-order chi connectivity index (χ0) is 35.1. The molecule has 50 heavy (non-hydrogen) atoms. The lowest BCUT2D eigenvalue weighted by atomic mass is 9.97. The Hall–Kier alpha value is -4.19. The molecule has 0 saturated carbocycles. The van der Waals surface area contributed by atoms with Crippen molar-refractivity contribution in [3.63, 3.8) is 0 Å². The van der Waals surface area contributed by atoms with Crippen LogP contribution in [0.4, 0.5) is 11.4 Å². The Kier molecular flexibility index (Phi) is 14.3. The molecule has 264 valence electrons. The van der Waals surface area contributed by atoms with Gasteiger partial charge in [0.15, 0.2) is 6.29 Å². The fourth-order valence-corrected chi connectivity index (χ4v) is 6.70. The number of amides is 2. The van der Waals surface area contributed by atoms with E-state index in [1.165, 1.54) is 0 Å². The highest BCUT2D eigenvalue weighted by atomic mass is 32.2. The lowest BCUT2D eigenvalue weighted by Gasteiger charge is -2.36. The predicted octanol–water partition coefficient (Wildman–Crippen LogP) is 6.90. The molecule has 1 heterocycles. The number of rotatable bonds is 17. The van der Waals surface area contributed by atoms with Gasteiger partial charge in [0.05, 0.1) is 36.8 Å². The molecule has 1 aliphatic rings. The largest absolute Gasteiger partial charge is 0.397 e. The van der Waals surface area contributed by atoms with Crippen LogP contribution in [0.5, 0.6) is 0 Å². The maximum absolute atomic E-state index is 12.7. The minimum atomic E-state index is -0.549. The predicted molar refractivity (Wildman–Crippen MR) is 199 cm³/mol. The SMILES string of the molecule is Nc1ccccc1NC(=O)CCCCCC(=O)NCc1ccccc1-c1ccc([C@@H]2O[C@H](CSCCO)C[C@H](c3ccc(CO)cc3)O2)cc1. The number of nitrogens with two attached hydrogens (primary N) is 1. The van der Waals surface area contributed by atoms with E-state index in [1.807, 2.05) is 66.7 Å². The molecule has 0 spiro atoms. The van der Waals surface area contributed by atoms with Crippen molar-refractivity contribution in [3.05, 3.63) is 119 Å². The number of nitrogens with one attached hydrogen (secondary N) is 2. The quantitative estimate of drug-likeness (QED) is 0.0592. The van der Waals surface area contributed by atoms with Crippen molar-refractivity contribution in [2.75, 3.05) is 29.2 Å². The summed E-state index contributed by atoms with van der Waals surface area (Å²) in [5, 5.41) is 24.6. The number of thioether (sulfide) groups is 1. The minimum Gasteiger partial charge on any atom is -0.397 e. The Balaban J connectivity index is 1.13. The molecule has 1 fully saturated rings. The van der Waals surface area contributed by atoms with Gasteiger partial charge in [0.1, 0.15) is 0 Å². The highest BCUT2D eigenvalue weighted by molar-refractivity contribution is 7.99. The molecule has 5 rings (SSSR count). The highest BCUT2D eigenvalue weighted by Gasteiger charge is 2.32. The third-order valence-corrected chi connectivity index (χ3v) is 9.76. The second-order valence-corrected chi connectivity index (χ2v) is 13.6. The summed E-state index contributed by atoms with van der Waals surface area (Å²) >= 11 is 1.66. The first-order chi connectivity index (χ1) is 24.4. The molecular formula is C40H47N3O6S. The van der Waals surface area contributed by atoms with Crippen LogP contribution in [0.25, 0.3) is 11.1 Å². The summed E-state index contributed by atoms with van der Waals surface area (Å²) in [6, 6.07) is 31.2. The second-order valence-electron chi connectivity index (χ2n) is 12.4. The highest BCUT2D eigenvalue weighted by Crippen LogP contribution is 2.39. The van der Waals surface area contributed by atoms with Crippen molar-refractivity contribution in [2.24, 2.45) is 0 Å². The molecule has 2 amide bonds. The fraction of sp³-hybridized carbons (Fsp3) is 0.350. The lowest BCUT2D eigenvalue weighted by molar-refractivity contribution is -0.245. The van der Waals surface area contributed by atoms with E-state index in [4.69, 9.17) is 15.2 Å². The van der Waals surface area contributed by atoms with Gasteiger partial charge in [0.2, 0.25) is 11.8 Å². The molecule has 0 radical (unpaired) electrons. The van der Waals surface area contributed by atoms with Crippen LogP contribution in [0.15, 0.2) is 97.1 Å². The lowest BCUT2D eigenvalue weighted by Crippen LogP contribution is -2.31. The number of ether oxygens (including phenoxy) is 2. The Morgan fingerprint density at radius 1 is 0.800 bits per heavy atom. The molecule has 0 bridgehead atoms. The van der Waals surface area contributed by atoms with Crippen LogP contribution in [0, 0.1) is 0 Å². The van der Waals surface area contributed by atoms with Crippen LogP contribution in [-0.2, 0) is 32.2 Å². The second kappa shape index (κ2) is 19.3. The van der Waals surface area contributed by atoms with Crippen molar-refractivity contribution in [1.82, 2.24) is 5.32 Å². The Bertz CT molecular complexity index is 1670. The van der Waals surface area contributed by atoms with Gasteiger partial charge in [-0.3, -0.25) is 9.59 Å². The smallest absolute Gasteiger partial charge is 0.224 e. The minimum absolute atomic E-state index is 0.00459. The molecule has 0 unspecified atom stereocenters. The van der Waals surface area contributed by atoms with E-state index in [0.717, 1.165) is 45.6 Å². The number of hydrogen-bond donors (Lipinski definition) is 5. The van der Waals surface area contributed by atoms with Crippen molar-refractivity contribution in [2.45, 2.75) is 70.2 Å². The summed E-state index contributed by atoms with van der Waals surface area (Å²) in [6.07, 6.45) is 2.91. The molecule has 0 aliphatic carbocycles. The van der Waals surface area contributed by atoms with E-state index in [2.05, 4.69) is 28.8 Å². The van der Waals surface area contributed by atoms with E-state index in [0.29, 0.717) is 55.8 Å². The standard InChI is InChI=1S/C40H47N3O6S/c41-35-10-6-7-11-36(35)43-39(47)13-3-1-2-12-38(46)42-25-32-8-4-5-9-34(32)29-18-20-31(21-19-29)40-48-33(27-50-23-22-44)24-37(49-40)30-16-14-28(26-45)15-17-30/h4-11,14-21,33,37,40,44-45H,1-3,12-13,22-27,41H2,(H,42,46)(H,43,47)/t33-,37+,40+/m0/s1. The number of nitrogen functional groups attached to an aromatic ring is 1. The van der Waals surface area contributed by atoms with Gasteiger partial charge in [-0.15, -0.1) is 0 Å². The van der Waals surface area contributed by atoms with Crippen LogP contribution in [0.1, 0.15) is 73.2 Å². The number of carbonyl (C=O) groups is 2. The number of anilines is 2. The van der Waals surface area contributed by atoms with Gasteiger partial charge < -0.3 is 36.1 Å². The number of hydrogen-bond acceptors (Lipinski definition) is 8. The van der Waals surface area contributed by atoms with Crippen molar-refractivity contribution >= 4 is 35.0 Å². The molecule has 3 atom stereocenters. The van der Waals surface area contributed by atoms with Crippen LogP contribution in [0.3, 0.4) is 0 Å². The molecule has 0 aromatic heterocycles. The van der Waals surface area contributed by atoms with Gasteiger partial charge in [0.25, 0.3) is 0 Å². The molecule has 4 aromatic carbocycles. The monoisotopic (exact) mass is 697 g/mol. The zero-order valence-electron chi connectivity index (χ0n) is 28.3. The fourth-order valence-electron chi connectivity index (χ4n) is 5.93. The molecule has 10 heteroatoms. The zero-order valence-corrected chi connectivity index (χ0v) is 29.1. The van der Waals surface area contributed by atoms with E-state index >= 15 is 0 Å². The normalized spacial score (nSPS) is 17.3. The summed E-state index contributed by atoms with van der Waals surface area (Å²) in [5.74, 6) is 1.31. The average molecular weight is 698 g/mol. The number of benzene rings is 4. The molecule has 4 aromatic rings. The van der Waals surface area contributed by atoms with Gasteiger partial charge >= 0.3 is 0 Å². The van der Waals surface area contributed by atoms with E-state index in [-0.39, 0.29) is 37.2 Å². The van der Waals surface area contributed by atoms with Crippen LogP contribution in [0.2, 0.25) is 0 Å². The van der Waals surface area contributed by atoms with Gasteiger partial charge in [-0.1, -0.05) is 91.3 Å². The first-order valence-corrected chi connectivity index (χ1v) is 18.4. The Morgan fingerprint density at radius 2 is 1.50 bits per heavy atom. The van der Waals surface area contributed by atoms with E-state index < -0.39 is 6.29 Å². The summed E-state index contributed by atoms with van der Waals surface area (Å²) in [6.45, 7) is 0.537. The van der Waals surface area contributed by atoms with Crippen LogP contribution in [-0.4, -0.2) is 46.2 Å². The Labute approximate surface area is 298 Å². The van der Waals surface area contributed by atoms with Gasteiger partial charge in [0, 0.05) is 42.9 Å². The van der Waals surface area contributed by atoms with Crippen LogP contribution >= 0.6 is 11.8 Å². The topological polar surface area (TPSA) is 143 Å². The van der Waals surface area contributed by atoms with E-state index in [9.17, 15) is 19.8 Å². The summed E-state index contributed by atoms with van der Waals surface area (Å²) in [7, 11) is 0. The first-order valence-electron chi connectivity index (χ1n) is 17.2. The van der Waals surface area contributed by atoms with Crippen LogP contribution < -0.4 is 16.4 Å². The van der Waals surface area contributed by atoms with Crippen molar-refractivity contribution in [3.8, 4) is 11.1 Å². The molecular weight excluding hydrogens is 651 g/mol. The molecule has 9 nitrogen and oxygen atoms in total. The summed E-state index contributed by atoms with van der Waals surface area (Å²) in [5.41, 5.74) is 12.9. The maximum atomic E-state index is 12.7. The van der Waals surface area contributed by atoms with E-state index in [1.54, 1.807) is 23.9 Å². The maximum Gasteiger partial charge on any atom is 0.224 e. The van der Waals surface area contributed by atoms with Crippen molar-refractivity contribution < 1.29 is 29.3 Å². The van der Waals surface area contributed by atoms with Gasteiger partial charge in [-0.25, -0.2) is 0 Å². The average Bonchev–Trinajstić information content (AvgIpc) is 3.15. The number of unbranched alkanes of at least 4 members (excludes halogenated alkanes) is 2. The first kappa shape index (κ1) is 37.1. The molecule has 1 saturated heterocycles. The van der Waals surface area contributed by atoms with Crippen molar-refractivity contribution in [1.29, 1.82) is 0 Å². The summed E-state index contributed by atoms with van der Waals surface area (Å²) < 4.78 is 12.9. The number of carbonyl (C=O) groups excluding carboxylic acids is 2. The Morgan fingerprint density at radius 3 is 2.24 bits per heavy atom. The van der Waals surface area contributed by atoms with Gasteiger partial charge in [-0.05, 0) is 52.8 Å². The third-order valence-electron chi connectivity index (χ3n) is 8.68. The van der Waals surface area contributed by atoms with Gasteiger partial charge in [-0.2, -0.15) is 11.8 Å². The third kappa shape index (κ3) is 10.9. The number of para-hydroxylation sites is 2. The number of aliphatic hydroxyl groups is 2. The molecule has 6 N–H and O–H groups in total. The molecule has 1 aliphatic heterocycles.